The number of amides is 2. The third-order valence-electron chi connectivity index (χ3n) is 5.42. The summed E-state index contributed by atoms with van der Waals surface area (Å²) in [5.74, 6) is 0.701. The van der Waals surface area contributed by atoms with Crippen molar-refractivity contribution in [3.05, 3.63) is 91.4 Å². The van der Waals surface area contributed by atoms with E-state index < -0.39 is 11.8 Å². The van der Waals surface area contributed by atoms with Gasteiger partial charge >= 0.3 is 0 Å². The minimum absolute atomic E-state index is 0.196. The molecule has 0 spiro atoms. The van der Waals surface area contributed by atoms with Gasteiger partial charge in [-0.15, -0.1) is 0 Å². The van der Waals surface area contributed by atoms with Crippen molar-refractivity contribution in [1.29, 1.82) is 5.26 Å². The Hall–Kier alpha value is -3.60. The molecule has 0 saturated carbocycles. The maximum atomic E-state index is 13.0. The number of halogens is 1. The van der Waals surface area contributed by atoms with Crippen LogP contribution in [-0.2, 0) is 11.4 Å². The first-order chi connectivity index (χ1) is 18.3. The summed E-state index contributed by atoms with van der Waals surface area (Å²) in [5.41, 5.74) is 4.92. The molecule has 0 unspecified atom stereocenters. The zero-order chi connectivity index (χ0) is 27.2. The van der Waals surface area contributed by atoms with Gasteiger partial charge in [0.15, 0.2) is 15.8 Å². The molecule has 192 valence electrons. The van der Waals surface area contributed by atoms with Crippen molar-refractivity contribution >= 4 is 68.8 Å². The Morgan fingerprint density at radius 1 is 1.16 bits per heavy atom. The number of hydrogen-bond donors (Lipinski definition) is 1. The minimum Gasteiger partial charge on any atom is -0.497 e. The summed E-state index contributed by atoms with van der Waals surface area (Å²) in [4.78, 5) is 26.0. The van der Waals surface area contributed by atoms with Crippen molar-refractivity contribution in [2.45, 2.75) is 6.61 Å². The fourth-order valence-corrected chi connectivity index (χ4v) is 5.45. The molecule has 0 atom stereocenters. The fourth-order valence-electron chi connectivity index (χ4n) is 3.49. The molecule has 0 radical (unpaired) electrons. The predicted molar refractivity (Wildman–Crippen MR) is 157 cm³/mol. The third kappa shape index (κ3) is 6.09. The molecule has 1 heterocycles. The van der Waals surface area contributed by atoms with Crippen LogP contribution in [0.25, 0.3) is 6.08 Å². The average molecular weight is 658 g/mol. The average Bonchev–Trinajstić information content (AvgIpc) is 3.19. The molecular weight excluding hydrogens is 637 g/mol. The van der Waals surface area contributed by atoms with Gasteiger partial charge in [-0.1, -0.05) is 30.0 Å². The lowest BCUT2D eigenvalue weighted by Crippen LogP contribution is -2.44. The Morgan fingerprint density at radius 3 is 2.58 bits per heavy atom. The van der Waals surface area contributed by atoms with Crippen LogP contribution < -0.4 is 19.6 Å². The summed E-state index contributed by atoms with van der Waals surface area (Å²) in [5, 5.41) is 10.4. The number of nitriles is 1. The first kappa shape index (κ1) is 27.4. The van der Waals surface area contributed by atoms with E-state index in [0.717, 1.165) is 25.9 Å². The molecular formula is C27H20IN3O5S2. The molecule has 3 aromatic carbocycles. The molecule has 1 saturated heterocycles. The molecule has 0 aliphatic carbocycles. The summed E-state index contributed by atoms with van der Waals surface area (Å²) in [6, 6.07) is 19.5. The van der Waals surface area contributed by atoms with Crippen LogP contribution in [0, 0.1) is 14.9 Å². The highest BCUT2D eigenvalue weighted by Crippen LogP contribution is 2.37. The van der Waals surface area contributed by atoms with E-state index in [9.17, 15) is 14.9 Å². The van der Waals surface area contributed by atoms with Crippen LogP contribution >= 0.6 is 46.6 Å². The summed E-state index contributed by atoms with van der Waals surface area (Å²) in [6.07, 6.45) is 1.68. The zero-order valence-electron chi connectivity index (χ0n) is 20.2. The smallest absolute Gasteiger partial charge is 0.285 e. The maximum Gasteiger partial charge on any atom is 0.285 e. The van der Waals surface area contributed by atoms with Crippen LogP contribution in [-0.4, -0.2) is 35.4 Å². The number of rotatable bonds is 8. The lowest BCUT2D eigenvalue weighted by molar-refractivity contribution is -0.123. The molecule has 1 aliphatic rings. The Kier molecular flexibility index (Phi) is 8.88. The lowest BCUT2D eigenvalue weighted by atomic mass is 10.1. The number of thioether (sulfide) groups is 1. The van der Waals surface area contributed by atoms with Gasteiger partial charge in [-0.2, -0.15) is 10.3 Å². The van der Waals surface area contributed by atoms with E-state index in [4.69, 9.17) is 26.4 Å². The summed E-state index contributed by atoms with van der Waals surface area (Å²) in [7, 11) is 3.06. The molecule has 38 heavy (non-hydrogen) atoms. The van der Waals surface area contributed by atoms with Crippen molar-refractivity contribution in [2.75, 3.05) is 14.2 Å². The van der Waals surface area contributed by atoms with Crippen molar-refractivity contribution in [1.82, 2.24) is 10.4 Å². The monoisotopic (exact) mass is 657 g/mol. The molecule has 4 rings (SSSR count). The molecule has 0 bridgehead atoms. The van der Waals surface area contributed by atoms with E-state index in [2.05, 4.69) is 34.1 Å². The van der Waals surface area contributed by atoms with Gasteiger partial charge in [-0.25, -0.2) is 0 Å². The van der Waals surface area contributed by atoms with E-state index >= 15 is 0 Å². The molecule has 1 N–H and O–H groups in total. The second kappa shape index (κ2) is 12.3. The highest BCUT2D eigenvalue weighted by molar-refractivity contribution is 14.1. The zero-order valence-corrected chi connectivity index (χ0v) is 24.0. The molecule has 1 fully saturated rings. The fraction of sp³-hybridized carbons (Fsp3) is 0.111. The summed E-state index contributed by atoms with van der Waals surface area (Å²) in [6.45, 7) is 0.196. The van der Waals surface area contributed by atoms with Crippen molar-refractivity contribution < 1.29 is 23.8 Å². The first-order valence-corrected chi connectivity index (χ1v) is 13.4. The predicted octanol–water partition coefficient (Wildman–Crippen LogP) is 5.31. The Morgan fingerprint density at radius 2 is 1.89 bits per heavy atom. The van der Waals surface area contributed by atoms with Crippen LogP contribution in [0.2, 0.25) is 0 Å². The van der Waals surface area contributed by atoms with E-state index in [1.54, 1.807) is 48.5 Å². The minimum atomic E-state index is -0.471. The van der Waals surface area contributed by atoms with Crippen LogP contribution in [0.1, 0.15) is 27.0 Å². The normalized spacial score (nSPS) is 13.8. The Bertz CT molecular complexity index is 1490. The van der Waals surface area contributed by atoms with E-state index in [0.29, 0.717) is 38.8 Å². The molecule has 0 aromatic heterocycles. The number of methoxy groups -OCH3 is 2. The number of carbonyl (C=O) groups excluding carboxylic acids is 2. The van der Waals surface area contributed by atoms with E-state index in [1.165, 1.54) is 14.2 Å². The number of hydrogen-bond acceptors (Lipinski definition) is 8. The van der Waals surface area contributed by atoms with Crippen LogP contribution in [0.15, 0.2) is 65.6 Å². The summed E-state index contributed by atoms with van der Waals surface area (Å²) >= 11 is 8.55. The van der Waals surface area contributed by atoms with Gasteiger partial charge in [-0.05, 0) is 88.9 Å². The number of hydrazine groups is 1. The van der Waals surface area contributed by atoms with Gasteiger partial charge in [0.05, 0.1) is 34.3 Å². The molecule has 2 amide bonds. The Labute approximate surface area is 242 Å². The quantitative estimate of drug-likeness (QED) is 0.198. The molecule has 8 nitrogen and oxygen atoms in total. The summed E-state index contributed by atoms with van der Waals surface area (Å²) < 4.78 is 17.6. The van der Waals surface area contributed by atoms with Crippen molar-refractivity contribution in [2.24, 2.45) is 0 Å². The third-order valence-corrected chi connectivity index (χ3v) is 7.52. The van der Waals surface area contributed by atoms with Crippen molar-refractivity contribution in [3.63, 3.8) is 0 Å². The second-order valence-corrected chi connectivity index (χ2v) is 10.6. The lowest BCUT2D eigenvalue weighted by Gasteiger charge is -2.16. The van der Waals surface area contributed by atoms with Crippen LogP contribution in [0.4, 0.5) is 0 Å². The highest BCUT2D eigenvalue weighted by atomic mass is 127. The first-order valence-electron chi connectivity index (χ1n) is 11.1. The van der Waals surface area contributed by atoms with Gasteiger partial charge in [0, 0.05) is 11.1 Å². The van der Waals surface area contributed by atoms with Crippen LogP contribution in [0.5, 0.6) is 17.2 Å². The largest absolute Gasteiger partial charge is 0.497 e. The van der Waals surface area contributed by atoms with Gasteiger partial charge < -0.3 is 14.2 Å². The molecule has 11 heteroatoms. The maximum absolute atomic E-state index is 13.0. The standard InChI is InChI=1S/C27H20IN3O5S2/c1-34-20-9-7-17(8-10-20)25(32)30-31-26(33)23(38-27(31)37)13-16-11-21(28)24(22(12-16)35-2)36-15-19-6-4-3-5-18(19)14-29/h3-13H,15H2,1-2H3,(H,30,32)/b23-13+. The number of nitrogens with one attached hydrogen (secondary N) is 1. The van der Waals surface area contributed by atoms with Gasteiger partial charge in [0.25, 0.3) is 11.8 Å². The van der Waals surface area contributed by atoms with Crippen LogP contribution in [0.3, 0.4) is 0 Å². The van der Waals surface area contributed by atoms with Gasteiger partial charge in [0.2, 0.25) is 0 Å². The van der Waals surface area contributed by atoms with Gasteiger partial charge in [-0.3, -0.25) is 15.0 Å². The molecule has 1 aliphatic heterocycles. The number of thiocarbonyl (C=S) groups is 1. The number of ether oxygens (including phenoxy) is 3. The number of benzene rings is 3. The van der Waals surface area contributed by atoms with Crippen molar-refractivity contribution in [3.8, 4) is 23.3 Å². The second-order valence-electron chi connectivity index (χ2n) is 7.78. The number of carbonyl (C=O) groups is 2. The van der Waals surface area contributed by atoms with E-state index in [1.807, 2.05) is 18.2 Å². The van der Waals surface area contributed by atoms with E-state index in [-0.39, 0.29) is 10.9 Å². The Balaban J connectivity index is 1.51. The van der Waals surface area contributed by atoms with Gasteiger partial charge in [0.1, 0.15) is 12.4 Å². The molecule has 3 aromatic rings. The topological polar surface area (TPSA) is 101 Å². The number of nitrogens with zero attached hydrogens (tertiary/aromatic N) is 2. The highest BCUT2D eigenvalue weighted by Gasteiger charge is 2.34. The SMILES string of the molecule is COc1ccc(C(=O)NN2C(=O)/C(=C\c3cc(I)c(OCc4ccccc4C#N)c(OC)c3)SC2=S)cc1.